The van der Waals surface area contributed by atoms with E-state index < -0.39 is 15.8 Å². The molecule has 1 fully saturated rings. The van der Waals surface area contributed by atoms with Gasteiger partial charge in [0.05, 0.1) is 16.8 Å². The summed E-state index contributed by atoms with van der Waals surface area (Å²) in [6.07, 6.45) is 3.86. The van der Waals surface area contributed by atoms with Crippen LogP contribution in [0.5, 0.6) is 0 Å². The van der Waals surface area contributed by atoms with Crippen LogP contribution in [0.1, 0.15) is 30.2 Å². The lowest BCUT2D eigenvalue weighted by Gasteiger charge is -2.09. The van der Waals surface area contributed by atoms with Crippen LogP contribution in [-0.4, -0.2) is 13.4 Å². The second-order valence-electron chi connectivity index (χ2n) is 6.43. The molecule has 0 spiro atoms. The zero-order valence-electron chi connectivity index (χ0n) is 14.1. The van der Waals surface area contributed by atoms with Gasteiger partial charge in [0.2, 0.25) is 0 Å². The van der Waals surface area contributed by atoms with Gasteiger partial charge in [0.15, 0.2) is 11.7 Å². The molecule has 5 nitrogen and oxygen atoms in total. The number of oxazole rings is 1. The average Bonchev–Trinajstić information content (AvgIpc) is 3.35. The Hall–Kier alpha value is -2.67. The van der Waals surface area contributed by atoms with E-state index in [1.165, 1.54) is 24.3 Å². The maximum atomic E-state index is 13.6. The van der Waals surface area contributed by atoms with E-state index >= 15 is 0 Å². The molecule has 0 atom stereocenters. The number of nitrogens with zero attached hydrogens (tertiary/aromatic N) is 1. The second kappa shape index (κ2) is 6.25. The van der Waals surface area contributed by atoms with E-state index in [-0.39, 0.29) is 10.6 Å². The summed E-state index contributed by atoms with van der Waals surface area (Å²) in [6, 6.07) is 10.5. The lowest BCUT2D eigenvalue weighted by molar-refractivity contribution is 0.509. The van der Waals surface area contributed by atoms with E-state index in [2.05, 4.69) is 9.71 Å². The van der Waals surface area contributed by atoms with E-state index in [0.29, 0.717) is 17.2 Å². The van der Waals surface area contributed by atoms with Gasteiger partial charge >= 0.3 is 0 Å². The smallest absolute Gasteiger partial charge is 0.261 e. The van der Waals surface area contributed by atoms with Crippen molar-refractivity contribution in [3.63, 3.8) is 0 Å². The molecule has 0 amide bonds. The first kappa shape index (κ1) is 16.8. The van der Waals surface area contributed by atoms with Gasteiger partial charge in [0, 0.05) is 11.5 Å². The van der Waals surface area contributed by atoms with Gasteiger partial charge in [-0.3, -0.25) is 4.72 Å². The Bertz CT molecular complexity index is 1050. The SMILES string of the molecule is Cc1ccc(NS(=O)(=O)c2ccc(-c3cnc(C4CC4)o3)cc2)cc1F. The highest BCUT2D eigenvalue weighted by Gasteiger charge is 2.28. The van der Waals surface area contributed by atoms with Crippen LogP contribution in [0.4, 0.5) is 10.1 Å². The molecular weight excluding hydrogens is 355 g/mol. The molecule has 0 radical (unpaired) electrons. The van der Waals surface area contributed by atoms with Crippen molar-refractivity contribution in [2.24, 2.45) is 0 Å². The number of anilines is 1. The maximum absolute atomic E-state index is 13.6. The van der Waals surface area contributed by atoms with Crippen LogP contribution in [0.25, 0.3) is 11.3 Å². The average molecular weight is 372 g/mol. The van der Waals surface area contributed by atoms with Crippen molar-refractivity contribution in [1.82, 2.24) is 4.98 Å². The zero-order valence-corrected chi connectivity index (χ0v) is 14.9. The van der Waals surface area contributed by atoms with E-state index in [0.717, 1.165) is 30.4 Å². The third-order valence-electron chi connectivity index (χ3n) is 4.32. The topological polar surface area (TPSA) is 72.2 Å². The molecular formula is C19H17FN2O3S. The first-order chi connectivity index (χ1) is 12.4. The van der Waals surface area contributed by atoms with Crippen LogP contribution in [0, 0.1) is 12.7 Å². The molecule has 0 unspecified atom stereocenters. The third kappa shape index (κ3) is 3.35. The van der Waals surface area contributed by atoms with Gasteiger partial charge in [-0.15, -0.1) is 0 Å². The lowest BCUT2D eigenvalue weighted by Crippen LogP contribution is -2.13. The number of aromatic nitrogens is 1. The molecule has 26 heavy (non-hydrogen) atoms. The first-order valence-corrected chi connectivity index (χ1v) is 9.76. The fraction of sp³-hybridized carbons (Fsp3) is 0.211. The monoisotopic (exact) mass is 372 g/mol. The number of benzene rings is 2. The second-order valence-corrected chi connectivity index (χ2v) is 8.11. The molecule has 4 rings (SSSR count). The van der Waals surface area contributed by atoms with E-state index in [1.807, 2.05) is 0 Å². The molecule has 1 saturated carbocycles. The number of halogens is 1. The molecule has 0 aliphatic heterocycles. The van der Waals surface area contributed by atoms with E-state index in [4.69, 9.17) is 4.42 Å². The van der Waals surface area contributed by atoms with Crippen LogP contribution >= 0.6 is 0 Å². The molecule has 1 heterocycles. The van der Waals surface area contributed by atoms with Crippen LogP contribution < -0.4 is 4.72 Å². The summed E-state index contributed by atoms with van der Waals surface area (Å²) in [5.41, 5.74) is 1.39. The minimum atomic E-state index is -3.80. The number of hydrogen-bond donors (Lipinski definition) is 1. The Morgan fingerprint density at radius 2 is 1.88 bits per heavy atom. The summed E-state index contributed by atoms with van der Waals surface area (Å²) in [4.78, 5) is 4.35. The van der Waals surface area contributed by atoms with Crippen molar-refractivity contribution in [2.45, 2.75) is 30.6 Å². The summed E-state index contributed by atoms with van der Waals surface area (Å²) < 4.78 is 46.7. The van der Waals surface area contributed by atoms with Crippen molar-refractivity contribution in [2.75, 3.05) is 4.72 Å². The van der Waals surface area contributed by atoms with Crippen LogP contribution in [0.2, 0.25) is 0 Å². The molecule has 134 valence electrons. The molecule has 1 aliphatic rings. The van der Waals surface area contributed by atoms with Gasteiger partial charge < -0.3 is 4.42 Å². The largest absolute Gasteiger partial charge is 0.440 e. The summed E-state index contributed by atoms with van der Waals surface area (Å²) in [7, 11) is -3.80. The molecule has 0 bridgehead atoms. The van der Waals surface area contributed by atoms with Gasteiger partial charge in [-0.05, 0) is 61.7 Å². The molecule has 0 saturated heterocycles. The Morgan fingerprint density at radius 3 is 2.54 bits per heavy atom. The van der Waals surface area contributed by atoms with Crippen molar-refractivity contribution in [3.05, 3.63) is 65.9 Å². The van der Waals surface area contributed by atoms with E-state index in [9.17, 15) is 12.8 Å². The van der Waals surface area contributed by atoms with Gasteiger partial charge in [0.25, 0.3) is 10.0 Å². The summed E-state index contributed by atoms with van der Waals surface area (Å²) in [5, 5.41) is 0. The number of hydrogen-bond acceptors (Lipinski definition) is 4. The standard InChI is InChI=1S/C19H17FN2O3S/c1-12-2-7-15(10-17(12)20)22-26(23,24)16-8-5-13(6-9-16)18-11-21-19(25-18)14-3-4-14/h2,5-11,14,22H,3-4H2,1H3. The summed E-state index contributed by atoms with van der Waals surface area (Å²) >= 11 is 0. The maximum Gasteiger partial charge on any atom is 0.261 e. The number of nitrogens with one attached hydrogen (secondary N) is 1. The highest BCUT2D eigenvalue weighted by Crippen LogP contribution is 2.40. The zero-order chi connectivity index (χ0) is 18.3. The van der Waals surface area contributed by atoms with Gasteiger partial charge in [-0.1, -0.05) is 6.07 Å². The molecule has 2 aromatic carbocycles. The Morgan fingerprint density at radius 1 is 1.15 bits per heavy atom. The normalized spacial score (nSPS) is 14.4. The number of aryl methyl sites for hydroxylation is 1. The van der Waals surface area contributed by atoms with Crippen LogP contribution in [0.3, 0.4) is 0 Å². The minimum absolute atomic E-state index is 0.0872. The Kier molecular flexibility index (Phi) is 4.03. The van der Waals surface area contributed by atoms with Gasteiger partial charge in [0.1, 0.15) is 5.82 Å². The molecule has 1 N–H and O–H groups in total. The highest BCUT2D eigenvalue weighted by atomic mass is 32.2. The lowest BCUT2D eigenvalue weighted by atomic mass is 10.2. The molecule has 1 aliphatic carbocycles. The fourth-order valence-electron chi connectivity index (χ4n) is 2.61. The molecule has 7 heteroatoms. The van der Waals surface area contributed by atoms with Crippen molar-refractivity contribution >= 4 is 15.7 Å². The van der Waals surface area contributed by atoms with Crippen molar-refractivity contribution < 1.29 is 17.2 Å². The molecule has 3 aromatic rings. The number of sulfonamides is 1. The summed E-state index contributed by atoms with van der Waals surface area (Å²) in [5.74, 6) is 1.31. The third-order valence-corrected chi connectivity index (χ3v) is 5.72. The predicted molar refractivity (Wildman–Crippen MR) is 95.9 cm³/mol. The predicted octanol–water partition coefficient (Wildman–Crippen LogP) is 4.47. The van der Waals surface area contributed by atoms with E-state index in [1.54, 1.807) is 25.3 Å². The Labute approximate surface area is 150 Å². The Balaban J connectivity index is 1.55. The van der Waals surface area contributed by atoms with Crippen LogP contribution in [0.15, 0.2) is 58.0 Å². The first-order valence-electron chi connectivity index (χ1n) is 8.27. The highest BCUT2D eigenvalue weighted by molar-refractivity contribution is 7.92. The summed E-state index contributed by atoms with van der Waals surface area (Å²) in [6.45, 7) is 1.62. The van der Waals surface area contributed by atoms with Crippen LogP contribution in [-0.2, 0) is 10.0 Å². The quantitative estimate of drug-likeness (QED) is 0.717. The van der Waals surface area contributed by atoms with Gasteiger partial charge in [-0.25, -0.2) is 17.8 Å². The fourth-order valence-corrected chi connectivity index (χ4v) is 3.66. The molecule has 1 aromatic heterocycles. The minimum Gasteiger partial charge on any atom is -0.440 e. The van der Waals surface area contributed by atoms with Crippen molar-refractivity contribution in [1.29, 1.82) is 0 Å². The van der Waals surface area contributed by atoms with Crippen molar-refractivity contribution in [3.8, 4) is 11.3 Å². The number of rotatable bonds is 5. The van der Waals surface area contributed by atoms with Gasteiger partial charge in [-0.2, -0.15) is 0 Å².